The van der Waals surface area contributed by atoms with E-state index in [9.17, 15) is 4.79 Å². The van der Waals surface area contributed by atoms with Crippen molar-refractivity contribution < 1.29 is 4.79 Å². The normalized spacial score (nSPS) is 25.4. The predicted octanol–water partition coefficient (Wildman–Crippen LogP) is -0.726. The van der Waals surface area contributed by atoms with Crippen LogP contribution in [0.15, 0.2) is 12.7 Å². The van der Waals surface area contributed by atoms with Gasteiger partial charge < -0.3 is 11.1 Å². The van der Waals surface area contributed by atoms with Gasteiger partial charge in [0, 0.05) is 12.1 Å². The van der Waals surface area contributed by atoms with E-state index in [-0.39, 0.29) is 24.5 Å². The van der Waals surface area contributed by atoms with E-state index < -0.39 is 0 Å². The molecule has 2 unspecified atom stereocenters. The Kier molecular flexibility index (Phi) is 2.96. The minimum atomic E-state index is -0.0529. The van der Waals surface area contributed by atoms with Gasteiger partial charge in [0.2, 0.25) is 5.91 Å². The Morgan fingerprint density at radius 2 is 2.47 bits per heavy atom. The van der Waals surface area contributed by atoms with Crippen molar-refractivity contribution in [2.45, 2.75) is 37.9 Å². The maximum atomic E-state index is 11.6. The Bertz CT molecular complexity index is 323. The third-order valence-corrected chi connectivity index (χ3v) is 2.69. The highest BCUT2D eigenvalue weighted by Gasteiger charge is 2.25. The fourth-order valence-corrected chi connectivity index (χ4v) is 1.88. The minimum Gasteiger partial charge on any atom is -0.350 e. The molecule has 0 bridgehead atoms. The molecule has 0 radical (unpaired) electrons. The monoisotopic (exact) mass is 209 g/mol. The van der Waals surface area contributed by atoms with Crippen molar-refractivity contribution in [2.24, 2.45) is 5.73 Å². The quantitative estimate of drug-likeness (QED) is 0.687. The largest absolute Gasteiger partial charge is 0.350 e. The van der Waals surface area contributed by atoms with Crippen molar-refractivity contribution in [3.63, 3.8) is 0 Å². The van der Waals surface area contributed by atoms with Gasteiger partial charge in [0.05, 0.1) is 0 Å². The number of amides is 1. The molecule has 1 aromatic rings. The zero-order chi connectivity index (χ0) is 10.7. The van der Waals surface area contributed by atoms with Crippen LogP contribution in [0, 0.1) is 0 Å². The van der Waals surface area contributed by atoms with Gasteiger partial charge in [0.25, 0.3) is 0 Å². The molecule has 0 aromatic carbocycles. The van der Waals surface area contributed by atoms with E-state index >= 15 is 0 Å². The summed E-state index contributed by atoms with van der Waals surface area (Å²) in [7, 11) is 0. The topological polar surface area (TPSA) is 85.8 Å². The highest BCUT2D eigenvalue weighted by molar-refractivity contribution is 5.76. The molecule has 1 heterocycles. The van der Waals surface area contributed by atoms with Gasteiger partial charge in [-0.2, -0.15) is 5.10 Å². The lowest BCUT2D eigenvalue weighted by molar-refractivity contribution is -0.122. The van der Waals surface area contributed by atoms with Crippen LogP contribution in [0.5, 0.6) is 0 Å². The molecule has 1 amide bonds. The highest BCUT2D eigenvalue weighted by Crippen LogP contribution is 2.16. The van der Waals surface area contributed by atoms with Crippen LogP contribution in [0.1, 0.15) is 19.3 Å². The lowest BCUT2D eigenvalue weighted by Crippen LogP contribution is -2.45. The fourth-order valence-electron chi connectivity index (χ4n) is 1.88. The molecule has 1 fully saturated rings. The van der Waals surface area contributed by atoms with Gasteiger partial charge in [-0.05, 0) is 19.3 Å². The summed E-state index contributed by atoms with van der Waals surface area (Å²) in [6.45, 7) is 0.212. The van der Waals surface area contributed by atoms with Gasteiger partial charge in [-0.15, -0.1) is 0 Å². The standard InChI is InChI=1S/C9H15N5O/c10-7-2-1-3-8(7)13-9(15)4-14-6-11-5-12-14/h5-8H,1-4,10H2,(H,13,15). The molecule has 15 heavy (non-hydrogen) atoms. The number of hydrogen-bond acceptors (Lipinski definition) is 4. The Morgan fingerprint density at radius 1 is 1.60 bits per heavy atom. The Hall–Kier alpha value is -1.43. The third kappa shape index (κ3) is 2.53. The molecule has 2 atom stereocenters. The summed E-state index contributed by atoms with van der Waals surface area (Å²) in [5.41, 5.74) is 5.85. The first-order chi connectivity index (χ1) is 7.25. The molecule has 3 N–H and O–H groups in total. The Balaban J connectivity index is 1.82. The van der Waals surface area contributed by atoms with Gasteiger partial charge >= 0.3 is 0 Å². The Labute approximate surface area is 87.9 Å². The summed E-state index contributed by atoms with van der Waals surface area (Å²) >= 11 is 0. The van der Waals surface area contributed by atoms with E-state index in [4.69, 9.17) is 5.73 Å². The first-order valence-corrected chi connectivity index (χ1v) is 5.13. The average Bonchev–Trinajstić information content (AvgIpc) is 2.79. The van der Waals surface area contributed by atoms with Gasteiger partial charge in [-0.3, -0.25) is 4.79 Å². The summed E-state index contributed by atoms with van der Waals surface area (Å²) in [5, 5.41) is 6.78. The second-order valence-corrected chi connectivity index (χ2v) is 3.86. The molecular formula is C9H15N5O. The zero-order valence-electron chi connectivity index (χ0n) is 8.47. The first-order valence-electron chi connectivity index (χ1n) is 5.13. The number of hydrogen-bond donors (Lipinski definition) is 2. The molecule has 0 saturated heterocycles. The van der Waals surface area contributed by atoms with Crippen molar-refractivity contribution in [2.75, 3.05) is 0 Å². The molecule has 0 aliphatic heterocycles. The number of aromatic nitrogens is 3. The van der Waals surface area contributed by atoms with Crippen LogP contribution in [-0.2, 0) is 11.3 Å². The van der Waals surface area contributed by atoms with E-state index in [2.05, 4.69) is 15.4 Å². The maximum Gasteiger partial charge on any atom is 0.242 e. The summed E-state index contributed by atoms with van der Waals surface area (Å²) < 4.78 is 1.50. The highest BCUT2D eigenvalue weighted by atomic mass is 16.2. The van der Waals surface area contributed by atoms with E-state index in [0.29, 0.717) is 0 Å². The number of nitrogens with one attached hydrogen (secondary N) is 1. The smallest absolute Gasteiger partial charge is 0.242 e. The number of carbonyl (C=O) groups is 1. The lowest BCUT2D eigenvalue weighted by Gasteiger charge is -2.16. The lowest BCUT2D eigenvalue weighted by atomic mass is 10.2. The predicted molar refractivity (Wildman–Crippen MR) is 53.8 cm³/mol. The SMILES string of the molecule is NC1CCCC1NC(=O)Cn1cncn1. The summed E-state index contributed by atoms with van der Waals surface area (Å²) in [6, 6.07) is 0.228. The number of nitrogens with two attached hydrogens (primary N) is 1. The van der Waals surface area contributed by atoms with Crippen LogP contribution in [-0.4, -0.2) is 32.8 Å². The molecule has 82 valence electrons. The van der Waals surface area contributed by atoms with Gasteiger partial charge in [0.15, 0.2) is 0 Å². The second kappa shape index (κ2) is 4.39. The molecule has 1 saturated carbocycles. The molecule has 0 spiro atoms. The van der Waals surface area contributed by atoms with Crippen molar-refractivity contribution in [1.82, 2.24) is 20.1 Å². The van der Waals surface area contributed by atoms with E-state index in [1.54, 1.807) is 0 Å². The van der Waals surface area contributed by atoms with Crippen LogP contribution in [0.3, 0.4) is 0 Å². The van der Waals surface area contributed by atoms with Crippen LogP contribution in [0.4, 0.5) is 0 Å². The fraction of sp³-hybridized carbons (Fsp3) is 0.667. The number of nitrogens with zero attached hydrogens (tertiary/aromatic N) is 3. The van der Waals surface area contributed by atoms with Crippen LogP contribution in [0.2, 0.25) is 0 Å². The summed E-state index contributed by atoms with van der Waals surface area (Å²) in [5.74, 6) is -0.0529. The molecule has 1 aliphatic carbocycles. The van der Waals surface area contributed by atoms with Crippen molar-refractivity contribution >= 4 is 5.91 Å². The maximum absolute atomic E-state index is 11.6. The molecule has 1 aliphatic rings. The van der Waals surface area contributed by atoms with Gasteiger partial charge in [-0.25, -0.2) is 9.67 Å². The van der Waals surface area contributed by atoms with Crippen LogP contribution < -0.4 is 11.1 Å². The average molecular weight is 209 g/mol. The van der Waals surface area contributed by atoms with Crippen LogP contribution in [0.25, 0.3) is 0 Å². The molecule has 2 rings (SSSR count). The van der Waals surface area contributed by atoms with E-state index in [1.807, 2.05) is 0 Å². The minimum absolute atomic E-state index is 0.0529. The third-order valence-electron chi connectivity index (χ3n) is 2.69. The van der Waals surface area contributed by atoms with E-state index in [1.165, 1.54) is 17.3 Å². The second-order valence-electron chi connectivity index (χ2n) is 3.86. The number of rotatable bonds is 3. The summed E-state index contributed by atoms with van der Waals surface area (Å²) in [6.07, 6.45) is 6.00. The summed E-state index contributed by atoms with van der Waals surface area (Å²) in [4.78, 5) is 15.3. The molecule has 6 nitrogen and oxygen atoms in total. The van der Waals surface area contributed by atoms with Crippen molar-refractivity contribution in [3.05, 3.63) is 12.7 Å². The van der Waals surface area contributed by atoms with E-state index in [0.717, 1.165) is 19.3 Å². The van der Waals surface area contributed by atoms with Gasteiger partial charge in [0.1, 0.15) is 19.2 Å². The first kappa shape index (κ1) is 10.1. The van der Waals surface area contributed by atoms with Crippen molar-refractivity contribution in [3.8, 4) is 0 Å². The molecule has 1 aromatic heterocycles. The van der Waals surface area contributed by atoms with Gasteiger partial charge in [-0.1, -0.05) is 0 Å². The molecular weight excluding hydrogens is 194 g/mol. The Morgan fingerprint density at radius 3 is 3.07 bits per heavy atom. The van der Waals surface area contributed by atoms with Crippen molar-refractivity contribution in [1.29, 1.82) is 0 Å². The zero-order valence-corrected chi connectivity index (χ0v) is 8.47. The van der Waals surface area contributed by atoms with Crippen LogP contribution >= 0.6 is 0 Å². The molecule has 6 heteroatoms. The number of carbonyl (C=O) groups excluding carboxylic acids is 1.